The van der Waals surface area contributed by atoms with Gasteiger partial charge in [0, 0.05) is 19.1 Å². The maximum Gasteiger partial charge on any atom is 0.0206 e. The molecule has 0 amide bonds. The second-order valence-corrected chi connectivity index (χ2v) is 3.40. The Labute approximate surface area is 85.8 Å². The zero-order valence-corrected chi connectivity index (χ0v) is 8.45. The van der Waals surface area contributed by atoms with Crippen molar-refractivity contribution in [3.05, 3.63) is 48.6 Å². The molecule has 14 heavy (non-hydrogen) atoms. The van der Waals surface area contributed by atoms with Gasteiger partial charge in [-0.3, -0.25) is 0 Å². The van der Waals surface area contributed by atoms with Crippen LogP contribution in [0, 0.1) is 0 Å². The standard InChI is InChI=1S/C12H18N2/c1-2-6-12(13)10-14-9-11-7-4-3-5-8-11/h2-5,7-8,12,14H,1,6,9-10,13H2. The van der Waals surface area contributed by atoms with Gasteiger partial charge in [-0.25, -0.2) is 0 Å². The summed E-state index contributed by atoms with van der Waals surface area (Å²) in [5.41, 5.74) is 7.10. The van der Waals surface area contributed by atoms with E-state index in [0.717, 1.165) is 19.5 Å². The van der Waals surface area contributed by atoms with Gasteiger partial charge in [0.05, 0.1) is 0 Å². The second-order valence-electron chi connectivity index (χ2n) is 3.40. The van der Waals surface area contributed by atoms with Gasteiger partial charge in [0.25, 0.3) is 0 Å². The van der Waals surface area contributed by atoms with Gasteiger partial charge in [0.15, 0.2) is 0 Å². The molecule has 76 valence electrons. The summed E-state index contributed by atoms with van der Waals surface area (Å²) in [5.74, 6) is 0. The zero-order valence-electron chi connectivity index (χ0n) is 8.45. The van der Waals surface area contributed by atoms with Crippen LogP contribution in [0.5, 0.6) is 0 Å². The van der Waals surface area contributed by atoms with Crippen molar-refractivity contribution in [2.75, 3.05) is 6.54 Å². The topological polar surface area (TPSA) is 38.0 Å². The third-order valence-corrected chi connectivity index (χ3v) is 2.05. The molecule has 2 heteroatoms. The van der Waals surface area contributed by atoms with Gasteiger partial charge in [-0.1, -0.05) is 36.4 Å². The van der Waals surface area contributed by atoms with Crippen molar-refractivity contribution in [1.29, 1.82) is 0 Å². The summed E-state index contributed by atoms with van der Waals surface area (Å²) < 4.78 is 0. The molecule has 0 aliphatic rings. The molecule has 1 aromatic rings. The van der Waals surface area contributed by atoms with E-state index in [9.17, 15) is 0 Å². The number of nitrogens with one attached hydrogen (secondary N) is 1. The number of rotatable bonds is 6. The van der Waals surface area contributed by atoms with E-state index in [-0.39, 0.29) is 6.04 Å². The first kappa shape index (κ1) is 11.0. The van der Waals surface area contributed by atoms with Crippen LogP contribution < -0.4 is 11.1 Å². The highest BCUT2D eigenvalue weighted by Crippen LogP contribution is 1.97. The average molecular weight is 190 g/mol. The molecule has 0 saturated heterocycles. The monoisotopic (exact) mass is 190 g/mol. The predicted octanol–water partition coefficient (Wildman–Crippen LogP) is 1.68. The van der Waals surface area contributed by atoms with E-state index in [1.807, 2.05) is 24.3 Å². The van der Waals surface area contributed by atoms with Gasteiger partial charge in [0.1, 0.15) is 0 Å². The SMILES string of the molecule is C=CCC(N)CNCc1ccccc1. The summed E-state index contributed by atoms with van der Waals surface area (Å²) in [4.78, 5) is 0. The van der Waals surface area contributed by atoms with Gasteiger partial charge < -0.3 is 11.1 Å². The maximum atomic E-state index is 5.81. The van der Waals surface area contributed by atoms with Crippen LogP contribution in [0.25, 0.3) is 0 Å². The Bertz CT molecular complexity index is 256. The summed E-state index contributed by atoms with van der Waals surface area (Å²) in [6, 6.07) is 10.5. The lowest BCUT2D eigenvalue weighted by atomic mass is 10.2. The highest BCUT2D eigenvalue weighted by molar-refractivity contribution is 5.14. The molecule has 0 aliphatic heterocycles. The minimum absolute atomic E-state index is 0.177. The van der Waals surface area contributed by atoms with Gasteiger partial charge in [-0.2, -0.15) is 0 Å². The molecule has 2 nitrogen and oxygen atoms in total. The molecule has 0 aromatic heterocycles. The Morgan fingerprint density at radius 1 is 1.36 bits per heavy atom. The molecular formula is C12H18N2. The van der Waals surface area contributed by atoms with Crippen molar-refractivity contribution in [3.63, 3.8) is 0 Å². The molecule has 0 fully saturated rings. The maximum absolute atomic E-state index is 5.81. The average Bonchev–Trinajstić information content (AvgIpc) is 2.20. The Hall–Kier alpha value is -1.12. The number of benzene rings is 1. The van der Waals surface area contributed by atoms with E-state index < -0.39 is 0 Å². The van der Waals surface area contributed by atoms with E-state index >= 15 is 0 Å². The van der Waals surface area contributed by atoms with Crippen LogP contribution in [0.15, 0.2) is 43.0 Å². The lowest BCUT2D eigenvalue weighted by Crippen LogP contribution is -2.32. The fourth-order valence-electron chi connectivity index (χ4n) is 1.30. The smallest absolute Gasteiger partial charge is 0.0206 e. The number of hydrogen-bond donors (Lipinski definition) is 2. The molecule has 0 aliphatic carbocycles. The van der Waals surface area contributed by atoms with Gasteiger partial charge >= 0.3 is 0 Å². The van der Waals surface area contributed by atoms with Crippen LogP contribution in [-0.4, -0.2) is 12.6 Å². The normalized spacial score (nSPS) is 12.4. The summed E-state index contributed by atoms with van der Waals surface area (Å²) in [5, 5.41) is 3.31. The van der Waals surface area contributed by atoms with E-state index in [4.69, 9.17) is 5.73 Å². The summed E-state index contributed by atoms with van der Waals surface area (Å²) in [6.07, 6.45) is 2.72. The molecule has 0 saturated carbocycles. The minimum Gasteiger partial charge on any atom is -0.326 e. The first-order chi connectivity index (χ1) is 6.83. The molecule has 0 heterocycles. The highest BCUT2D eigenvalue weighted by atomic mass is 14.9. The molecule has 1 unspecified atom stereocenters. The van der Waals surface area contributed by atoms with Gasteiger partial charge in [-0.15, -0.1) is 6.58 Å². The molecule has 0 bridgehead atoms. The van der Waals surface area contributed by atoms with Crippen molar-refractivity contribution in [2.45, 2.75) is 19.0 Å². The van der Waals surface area contributed by atoms with Crippen LogP contribution in [0.2, 0.25) is 0 Å². The largest absolute Gasteiger partial charge is 0.326 e. The Morgan fingerprint density at radius 2 is 2.07 bits per heavy atom. The van der Waals surface area contributed by atoms with Crippen LogP contribution in [-0.2, 0) is 6.54 Å². The summed E-state index contributed by atoms with van der Waals surface area (Å²) >= 11 is 0. The first-order valence-electron chi connectivity index (χ1n) is 4.94. The first-order valence-corrected chi connectivity index (χ1v) is 4.94. The molecular weight excluding hydrogens is 172 g/mol. The third-order valence-electron chi connectivity index (χ3n) is 2.05. The van der Waals surface area contributed by atoms with Crippen molar-refractivity contribution in [3.8, 4) is 0 Å². The quantitative estimate of drug-likeness (QED) is 0.670. The van der Waals surface area contributed by atoms with Gasteiger partial charge in [0.2, 0.25) is 0 Å². The fraction of sp³-hybridized carbons (Fsp3) is 0.333. The molecule has 0 spiro atoms. The molecule has 1 rings (SSSR count). The van der Waals surface area contributed by atoms with Gasteiger partial charge in [-0.05, 0) is 12.0 Å². The predicted molar refractivity (Wildman–Crippen MR) is 60.9 cm³/mol. The van der Waals surface area contributed by atoms with Crippen molar-refractivity contribution in [1.82, 2.24) is 5.32 Å². The van der Waals surface area contributed by atoms with E-state index in [1.165, 1.54) is 5.56 Å². The van der Waals surface area contributed by atoms with E-state index in [0.29, 0.717) is 0 Å². The molecule has 1 atom stereocenters. The lowest BCUT2D eigenvalue weighted by molar-refractivity contribution is 0.580. The second kappa shape index (κ2) is 6.35. The highest BCUT2D eigenvalue weighted by Gasteiger charge is 1.98. The summed E-state index contributed by atoms with van der Waals surface area (Å²) in [7, 11) is 0. The van der Waals surface area contributed by atoms with E-state index in [1.54, 1.807) is 0 Å². The lowest BCUT2D eigenvalue weighted by Gasteiger charge is -2.10. The molecule has 1 aromatic carbocycles. The Balaban J connectivity index is 2.18. The fourth-order valence-corrected chi connectivity index (χ4v) is 1.30. The van der Waals surface area contributed by atoms with Crippen LogP contribution in [0.4, 0.5) is 0 Å². The molecule has 0 radical (unpaired) electrons. The van der Waals surface area contributed by atoms with Crippen LogP contribution in [0.3, 0.4) is 0 Å². The molecule has 3 N–H and O–H groups in total. The Kier molecular flexibility index (Phi) is 4.97. The Morgan fingerprint density at radius 3 is 2.71 bits per heavy atom. The summed E-state index contributed by atoms with van der Waals surface area (Å²) in [6.45, 7) is 5.37. The number of hydrogen-bond acceptors (Lipinski definition) is 2. The van der Waals surface area contributed by atoms with E-state index in [2.05, 4.69) is 24.0 Å². The van der Waals surface area contributed by atoms with Crippen LogP contribution in [0.1, 0.15) is 12.0 Å². The van der Waals surface area contributed by atoms with Crippen molar-refractivity contribution >= 4 is 0 Å². The van der Waals surface area contributed by atoms with Crippen molar-refractivity contribution in [2.24, 2.45) is 5.73 Å². The number of nitrogens with two attached hydrogens (primary N) is 1. The van der Waals surface area contributed by atoms with Crippen LogP contribution >= 0.6 is 0 Å². The third kappa shape index (κ3) is 4.21. The van der Waals surface area contributed by atoms with Crippen molar-refractivity contribution < 1.29 is 0 Å². The minimum atomic E-state index is 0.177. The zero-order chi connectivity index (χ0) is 10.2.